The Balaban J connectivity index is 1.25. The number of fused-ring (bicyclic) bond motifs is 6. The van der Waals surface area contributed by atoms with E-state index in [1.165, 1.54) is 10.8 Å². The van der Waals surface area contributed by atoms with Gasteiger partial charge in [-0.05, 0) is 66.2 Å². The lowest BCUT2D eigenvalue weighted by Crippen LogP contribution is -1.99. The van der Waals surface area contributed by atoms with E-state index in [1.54, 1.807) is 0 Å². The lowest BCUT2D eigenvalue weighted by atomic mass is 9.91. The van der Waals surface area contributed by atoms with Crippen molar-refractivity contribution >= 4 is 43.6 Å². The van der Waals surface area contributed by atoms with Crippen molar-refractivity contribution < 1.29 is 0 Å². The average molecular weight is 636 g/mol. The van der Waals surface area contributed by atoms with Crippen LogP contribution in [-0.4, -0.2) is 9.13 Å². The lowest BCUT2D eigenvalue weighted by Gasteiger charge is -2.17. The van der Waals surface area contributed by atoms with Gasteiger partial charge in [-0.2, -0.15) is 15.8 Å². The third-order valence-corrected chi connectivity index (χ3v) is 9.63. The van der Waals surface area contributed by atoms with Crippen LogP contribution in [0.4, 0.5) is 0 Å². The molecule has 0 atom stereocenters. The molecule has 7 aromatic carbocycles. The SMILES string of the molecule is N#Cc1ccc2c(c1)c1ccc(C#N)cc1n2-c1cccc(-c2cccc(-c3ccccc3-n3c4ccccc4c4ccccc43)c2C#N)c1. The monoisotopic (exact) mass is 635 g/mol. The first-order valence-electron chi connectivity index (χ1n) is 16.3. The summed E-state index contributed by atoms with van der Waals surface area (Å²) in [5, 5.41) is 34.4. The Labute approximate surface area is 287 Å². The van der Waals surface area contributed by atoms with Crippen molar-refractivity contribution in [2.24, 2.45) is 0 Å². The van der Waals surface area contributed by atoms with Crippen LogP contribution in [0.1, 0.15) is 16.7 Å². The highest BCUT2D eigenvalue weighted by Crippen LogP contribution is 2.40. The molecule has 0 fully saturated rings. The van der Waals surface area contributed by atoms with Crippen molar-refractivity contribution in [3.05, 3.63) is 168 Å². The molecule has 0 amide bonds. The van der Waals surface area contributed by atoms with Gasteiger partial charge in [0.25, 0.3) is 0 Å². The molecular weight excluding hydrogens is 611 g/mol. The molecule has 2 heterocycles. The van der Waals surface area contributed by atoms with Gasteiger partial charge >= 0.3 is 0 Å². The fraction of sp³-hybridized carbons (Fsp3) is 0. The second kappa shape index (κ2) is 11.4. The van der Waals surface area contributed by atoms with Crippen LogP contribution in [0.2, 0.25) is 0 Å². The Morgan fingerprint density at radius 2 is 0.980 bits per heavy atom. The van der Waals surface area contributed by atoms with Gasteiger partial charge in [0, 0.05) is 43.9 Å². The summed E-state index contributed by atoms with van der Waals surface area (Å²) in [6.07, 6.45) is 0. The first kappa shape index (κ1) is 28.8. The predicted molar refractivity (Wildman–Crippen MR) is 200 cm³/mol. The van der Waals surface area contributed by atoms with Gasteiger partial charge in [0.15, 0.2) is 0 Å². The van der Waals surface area contributed by atoms with Gasteiger partial charge in [-0.1, -0.05) is 91.0 Å². The number of rotatable bonds is 4. The van der Waals surface area contributed by atoms with Gasteiger partial charge in [-0.3, -0.25) is 0 Å². The summed E-state index contributed by atoms with van der Waals surface area (Å²) in [4.78, 5) is 0. The van der Waals surface area contributed by atoms with Crippen molar-refractivity contribution in [3.8, 4) is 51.8 Å². The molecule has 0 N–H and O–H groups in total. The van der Waals surface area contributed by atoms with E-state index in [-0.39, 0.29) is 0 Å². The van der Waals surface area contributed by atoms with Gasteiger partial charge < -0.3 is 9.13 Å². The summed E-state index contributed by atoms with van der Waals surface area (Å²) in [5.41, 5.74) is 11.2. The van der Waals surface area contributed by atoms with Crippen LogP contribution in [-0.2, 0) is 0 Å². The van der Waals surface area contributed by atoms with E-state index in [0.717, 1.165) is 66.5 Å². The number of hydrogen-bond acceptors (Lipinski definition) is 3. The molecular formula is C45H25N5. The maximum Gasteiger partial charge on any atom is 0.100 e. The van der Waals surface area contributed by atoms with Crippen molar-refractivity contribution in [3.63, 3.8) is 0 Å². The molecule has 0 saturated heterocycles. The summed E-state index contributed by atoms with van der Waals surface area (Å²) in [7, 11) is 0. The van der Waals surface area contributed by atoms with Crippen LogP contribution < -0.4 is 0 Å². The minimum absolute atomic E-state index is 0.555. The molecule has 9 aromatic rings. The zero-order valence-electron chi connectivity index (χ0n) is 26.7. The summed E-state index contributed by atoms with van der Waals surface area (Å²) >= 11 is 0. The van der Waals surface area contributed by atoms with Crippen molar-refractivity contribution in [2.75, 3.05) is 0 Å². The Kier molecular flexibility index (Phi) is 6.56. The van der Waals surface area contributed by atoms with E-state index < -0.39 is 0 Å². The molecule has 50 heavy (non-hydrogen) atoms. The molecule has 0 aliphatic rings. The minimum Gasteiger partial charge on any atom is -0.309 e. The van der Waals surface area contributed by atoms with Gasteiger partial charge in [0.05, 0.1) is 56.6 Å². The first-order chi connectivity index (χ1) is 24.7. The molecule has 5 nitrogen and oxygen atoms in total. The highest BCUT2D eigenvalue weighted by atomic mass is 15.0. The van der Waals surface area contributed by atoms with E-state index in [9.17, 15) is 15.8 Å². The van der Waals surface area contributed by atoms with Crippen LogP contribution in [0.15, 0.2) is 152 Å². The van der Waals surface area contributed by atoms with Gasteiger partial charge in [0.1, 0.15) is 6.07 Å². The Hall–Kier alpha value is -7.39. The zero-order chi connectivity index (χ0) is 33.8. The summed E-state index contributed by atoms with van der Waals surface area (Å²) < 4.78 is 4.42. The maximum atomic E-state index is 10.8. The number of nitrogens with zero attached hydrogens (tertiary/aromatic N) is 5. The number of aromatic nitrogens is 2. The molecule has 5 heteroatoms. The second-order valence-electron chi connectivity index (χ2n) is 12.3. The standard InChI is InChI=1S/C45H25N5/c46-26-29-20-22-44-39(23-29)38-21-19-30(27-47)24-45(38)49(44)32-10-7-9-31(25-32)33-14-8-15-34(40(33)28-48)35-11-1-4-16-41(35)50-42-17-5-2-12-36(42)37-13-3-6-18-43(37)50/h1-25H. The molecule has 0 bridgehead atoms. The fourth-order valence-corrected chi connectivity index (χ4v) is 7.47. The third kappa shape index (κ3) is 4.31. The lowest BCUT2D eigenvalue weighted by molar-refractivity contribution is 1.18. The van der Waals surface area contributed by atoms with Crippen molar-refractivity contribution in [1.29, 1.82) is 15.8 Å². The maximum absolute atomic E-state index is 10.8. The largest absolute Gasteiger partial charge is 0.309 e. The van der Waals surface area contributed by atoms with Gasteiger partial charge in [-0.25, -0.2) is 0 Å². The Bertz CT molecular complexity index is 2920. The van der Waals surface area contributed by atoms with Gasteiger partial charge in [-0.15, -0.1) is 0 Å². The summed E-state index contributed by atoms with van der Waals surface area (Å²) in [6, 6.07) is 57.8. The fourth-order valence-electron chi connectivity index (χ4n) is 7.47. The average Bonchev–Trinajstić information content (AvgIpc) is 3.69. The van der Waals surface area contributed by atoms with Crippen molar-refractivity contribution in [2.45, 2.75) is 0 Å². The zero-order valence-corrected chi connectivity index (χ0v) is 26.7. The predicted octanol–water partition coefficient (Wildman–Crippen LogP) is 10.8. The first-order valence-corrected chi connectivity index (χ1v) is 16.3. The number of para-hydroxylation sites is 3. The smallest absolute Gasteiger partial charge is 0.100 e. The molecule has 9 rings (SSSR count). The van der Waals surface area contributed by atoms with Crippen molar-refractivity contribution in [1.82, 2.24) is 9.13 Å². The summed E-state index contributed by atoms with van der Waals surface area (Å²) in [6.45, 7) is 0. The Morgan fingerprint density at radius 1 is 0.380 bits per heavy atom. The molecule has 0 radical (unpaired) electrons. The van der Waals surface area contributed by atoms with E-state index in [1.807, 2.05) is 84.9 Å². The Morgan fingerprint density at radius 3 is 1.74 bits per heavy atom. The second-order valence-corrected chi connectivity index (χ2v) is 12.3. The molecule has 0 aliphatic heterocycles. The normalized spacial score (nSPS) is 11.1. The van der Waals surface area contributed by atoms with Crippen LogP contribution in [0.3, 0.4) is 0 Å². The molecule has 0 saturated carbocycles. The molecule has 0 aliphatic carbocycles. The van der Waals surface area contributed by atoms with E-state index in [4.69, 9.17) is 0 Å². The van der Waals surface area contributed by atoms with Gasteiger partial charge in [0.2, 0.25) is 0 Å². The number of hydrogen-bond donors (Lipinski definition) is 0. The highest BCUT2D eigenvalue weighted by Gasteiger charge is 2.20. The topological polar surface area (TPSA) is 81.2 Å². The van der Waals surface area contributed by atoms with Crippen LogP contribution in [0, 0.1) is 34.0 Å². The third-order valence-electron chi connectivity index (χ3n) is 9.63. The van der Waals surface area contributed by atoms with E-state index in [2.05, 4.69) is 94.1 Å². The molecule has 0 spiro atoms. The van der Waals surface area contributed by atoms with Crippen LogP contribution in [0.5, 0.6) is 0 Å². The quantitative estimate of drug-likeness (QED) is 0.193. The van der Waals surface area contributed by atoms with Crippen LogP contribution >= 0.6 is 0 Å². The highest BCUT2D eigenvalue weighted by molar-refractivity contribution is 6.11. The summed E-state index contributed by atoms with van der Waals surface area (Å²) in [5.74, 6) is 0. The molecule has 0 unspecified atom stereocenters. The van der Waals surface area contributed by atoms with E-state index in [0.29, 0.717) is 16.7 Å². The van der Waals surface area contributed by atoms with E-state index >= 15 is 0 Å². The molecule has 2 aromatic heterocycles. The number of nitriles is 3. The van der Waals surface area contributed by atoms with Crippen LogP contribution in [0.25, 0.3) is 77.2 Å². The minimum atomic E-state index is 0.555. The number of benzene rings is 7. The molecule has 230 valence electrons.